The number of nitrogens with one attached hydrogen (secondary N) is 1. The van der Waals surface area contributed by atoms with Gasteiger partial charge in [0.15, 0.2) is 0 Å². The third-order valence-electron chi connectivity index (χ3n) is 2.49. The molecule has 3 N–H and O–H groups in total. The minimum absolute atomic E-state index is 0.0471. The zero-order valence-corrected chi connectivity index (χ0v) is 10.4. The molecule has 0 saturated heterocycles. The fourth-order valence-electron chi connectivity index (χ4n) is 1.53. The van der Waals surface area contributed by atoms with Crippen molar-refractivity contribution in [2.45, 2.75) is 25.8 Å². The van der Waals surface area contributed by atoms with E-state index in [1.54, 1.807) is 0 Å². The van der Waals surface area contributed by atoms with Gasteiger partial charge in [0.1, 0.15) is 17.6 Å². The van der Waals surface area contributed by atoms with Crippen molar-refractivity contribution in [2.24, 2.45) is 0 Å². The number of aromatic nitrogens is 1. The van der Waals surface area contributed by atoms with E-state index < -0.39 is 10.9 Å². The first-order valence-corrected chi connectivity index (χ1v) is 5.70. The fourth-order valence-corrected chi connectivity index (χ4v) is 1.53. The van der Waals surface area contributed by atoms with E-state index in [0.29, 0.717) is 12.8 Å². The average molecular weight is 269 g/mol. The Morgan fingerprint density at radius 3 is 2.84 bits per heavy atom. The molecule has 0 aliphatic carbocycles. The quantitative estimate of drug-likeness (QED) is 0.502. The second-order valence-electron chi connectivity index (χ2n) is 4.06. The van der Waals surface area contributed by atoms with Crippen molar-refractivity contribution >= 4 is 17.5 Å². The van der Waals surface area contributed by atoms with Crippen molar-refractivity contribution < 1.29 is 19.9 Å². The molecule has 1 atom stereocenters. The Kier molecular flexibility index (Phi) is 5.19. The molecule has 0 aliphatic rings. The van der Waals surface area contributed by atoms with Gasteiger partial charge in [-0.3, -0.25) is 10.1 Å². The van der Waals surface area contributed by atoms with Gasteiger partial charge in [-0.1, -0.05) is 0 Å². The van der Waals surface area contributed by atoms with Crippen molar-refractivity contribution in [3.05, 3.63) is 27.9 Å². The van der Waals surface area contributed by atoms with Crippen LogP contribution >= 0.6 is 0 Å². The molecule has 8 nitrogen and oxygen atoms in total. The van der Waals surface area contributed by atoms with Gasteiger partial charge in [0.05, 0.1) is 4.92 Å². The monoisotopic (exact) mass is 269 g/mol. The lowest BCUT2D eigenvalue weighted by molar-refractivity contribution is -0.385. The number of aromatic carboxylic acids is 1. The summed E-state index contributed by atoms with van der Waals surface area (Å²) in [6, 6.07) is 0.871. The number of pyridine rings is 1. The molecule has 19 heavy (non-hydrogen) atoms. The Balaban J connectivity index is 2.94. The van der Waals surface area contributed by atoms with Crippen molar-refractivity contribution in [3.63, 3.8) is 0 Å². The van der Waals surface area contributed by atoms with Gasteiger partial charge in [0.2, 0.25) is 0 Å². The molecule has 1 heterocycles. The molecule has 1 aromatic heterocycles. The van der Waals surface area contributed by atoms with E-state index in [4.69, 9.17) is 10.2 Å². The second kappa shape index (κ2) is 6.64. The normalized spacial score (nSPS) is 11.9. The molecular weight excluding hydrogens is 254 g/mol. The van der Waals surface area contributed by atoms with Crippen molar-refractivity contribution in [2.75, 3.05) is 11.9 Å². The zero-order valence-electron chi connectivity index (χ0n) is 10.4. The molecule has 1 rings (SSSR count). The van der Waals surface area contributed by atoms with E-state index in [-0.39, 0.29) is 29.7 Å². The minimum Gasteiger partial charge on any atom is -0.478 e. The van der Waals surface area contributed by atoms with Crippen LogP contribution < -0.4 is 5.32 Å². The maximum absolute atomic E-state index is 11.0. The topological polar surface area (TPSA) is 126 Å². The van der Waals surface area contributed by atoms with E-state index in [2.05, 4.69) is 10.3 Å². The molecule has 8 heteroatoms. The smallest absolute Gasteiger partial charge is 0.339 e. The molecule has 1 aromatic rings. The first-order valence-electron chi connectivity index (χ1n) is 5.70. The van der Waals surface area contributed by atoms with Crippen LogP contribution in [-0.4, -0.2) is 38.7 Å². The molecule has 1 unspecified atom stereocenters. The number of nitrogens with zero attached hydrogens (tertiary/aromatic N) is 2. The zero-order chi connectivity index (χ0) is 14.4. The molecule has 0 bridgehead atoms. The number of aliphatic hydroxyl groups excluding tert-OH is 1. The van der Waals surface area contributed by atoms with Crippen LogP contribution in [0.15, 0.2) is 12.3 Å². The van der Waals surface area contributed by atoms with E-state index in [0.717, 1.165) is 12.3 Å². The van der Waals surface area contributed by atoms with Crippen LogP contribution in [0.25, 0.3) is 0 Å². The lowest BCUT2D eigenvalue weighted by atomic mass is 10.1. The van der Waals surface area contributed by atoms with Gasteiger partial charge in [-0.15, -0.1) is 0 Å². The summed E-state index contributed by atoms with van der Waals surface area (Å²) in [5.74, 6) is -1.20. The van der Waals surface area contributed by atoms with Crippen molar-refractivity contribution in [3.8, 4) is 0 Å². The van der Waals surface area contributed by atoms with Crippen LogP contribution in [-0.2, 0) is 0 Å². The predicted molar refractivity (Wildman–Crippen MR) is 67.3 cm³/mol. The Hall–Kier alpha value is -2.22. The van der Waals surface area contributed by atoms with Gasteiger partial charge in [0, 0.05) is 18.7 Å². The predicted octanol–water partition coefficient (Wildman–Crippen LogP) is 1.26. The fraction of sp³-hybridized carbons (Fsp3) is 0.455. The molecule has 0 aliphatic heterocycles. The SMILES string of the molecule is CC(CCCO)Nc1ncc([N+](=O)[O-])cc1C(=O)O. The van der Waals surface area contributed by atoms with Crippen LogP contribution in [0.1, 0.15) is 30.1 Å². The molecule has 0 radical (unpaired) electrons. The first-order chi connectivity index (χ1) is 8.95. The van der Waals surface area contributed by atoms with Gasteiger partial charge in [-0.05, 0) is 19.8 Å². The van der Waals surface area contributed by atoms with E-state index in [1.807, 2.05) is 6.92 Å². The summed E-state index contributed by atoms with van der Waals surface area (Å²) >= 11 is 0. The third-order valence-corrected chi connectivity index (χ3v) is 2.49. The highest BCUT2D eigenvalue weighted by atomic mass is 16.6. The maximum atomic E-state index is 11.0. The highest BCUT2D eigenvalue weighted by Gasteiger charge is 2.18. The Bertz CT molecular complexity index is 477. The van der Waals surface area contributed by atoms with E-state index in [1.165, 1.54) is 0 Å². The van der Waals surface area contributed by atoms with Gasteiger partial charge in [-0.2, -0.15) is 0 Å². The standard InChI is InChI=1S/C11H15N3O5/c1-7(3-2-4-15)13-10-9(11(16)17)5-8(6-12-10)14(18)19/h5-7,15H,2-4H2,1H3,(H,12,13)(H,16,17). The van der Waals surface area contributed by atoms with E-state index >= 15 is 0 Å². The number of anilines is 1. The minimum atomic E-state index is -1.28. The summed E-state index contributed by atoms with van der Waals surface area (Å²) in [5, 5.41) is 31.2. The van der Waals surface area contributed by atoms with Gasteiger partial charge in [0.25, 0.3) is 5.69 Å². The van der Waals surface area contributed by atoms with Crippen molar-refractivity contribution in [1.29, 1.82) is 0 Å². The summed E-state index contributed by atoms with van der Waals surface area (Å²) in [7, 11) is 0. The van der Waals surface area contributed by atoms with Gasteiger partial charge in [-0.25, -0.2) is 9.78 Å². The second-order valence-corrected chi connectivity index (χ2v) is 4.06. The Labute approximate surface area is 109 Å². The lowest BCUT2D eigenvalue weighted by Gasteiger charge is -2.15. The number of aliphatic hydroxyl groups is 1. The molecule has 0 fully saturated rings. The molecule has 0 aromatic carbocycles. The number of rotatable bonds is 7. The van der Waals surface area contributed by atoms with Gasteiger partial charge >= 0.3 is 5.97 Å². The summed E-state index contributed by atoms with van der Waals surface area (Å²) in [6.07, 6.45) is 2.21. The number of carboxylic acids is 1. The average Bonchev–Trinajstić information content (AvgIpc) is 2.36. The third kappa shape index (κ3) is 4.18. The van der Waals surface area contributed by atoms with Crippen LogP contribution in [0.3, 0.4) is 0 Å². The van der Waals surface area contributed by atoms with E-state index in [9.17, 15) is 14.9 Å². The largest absolute Gasteiger partial charge is 0.478 e. The molecule has 0 saturated carbocycles. The number of hydrogen-bond donors (Lipinski definition) is 3. The lowest BCUT2D eigenvalue weighted by Crippen LogP contribution is -2.19. The van der Waals surface area contributed by atoms with Crippen molar-refractivity contribution in [1.82, 2.24) is 4.98 Å². The highest BCUT2D eigenvalue weighted by Crippen LogP contribution is 2.20. The highest BCUT2D eigenvalue weighted by molar-refractivity contribution is 5.93. The number of hydrogen-bond acceptors (Lipinski definition) is 6. The maximum Gasteiger partial charge on any atom is 0.339 e. The van der Waals surface area contributed by atoms with Crippen LogP contribution in [0.5, 0.6) is 0 Å². The summed E-state index contributed by atoms with van der Waals surface area (Å²) in [6.45, 7) is 1.86. The molecule has 104 valence electrons. The summed E-state index contributed by atoms with van der Waals surface area (Å²) in [4.78, 5) is 24.7. The van der Waals surface area contributed by atoms with Gasteiger partial charge < -0.3 is 15.5 Å². The van der Waals surface area contributed by atoms with Crippen LogP contribution in [0.4, 0.5) is 11.5 Å². The molecule has 0 amide bonds. The number of carbonyl (C=O) groups is 1. The molecule has 0 spiro atoms. The summed E-state index contributed by atoms with van der Waals surface area (Å²) in [5.41, 5.74) is -0.615. The van der Waals surface area contributed by atoms with Crippen LogP contribution in [0, 0.1) is 10.1 Å². The first kappa shape index (κ1) is 14.8. The Morgan fingerprint density at radius 2 is 2.32 bits per heavy atom. The molecular formula is C11H15N3O5. The van der Waals surface area contributed by atoms with Crippen LogP contribution in [0.2, 0.25) is 0 Å². The number of carboxylic acid groups (broad SMARTS) is 1. The number of nitro groups is 1. The summed E-state index contributed by atoms with van der Waals surface area (Å²) < 4.78 is 0. The Morgan fingerprint density at radius 1 is 1.63 bits per heavy atom.